The van der Waals surface area contributed by atoms with Gasteiger partial charge in [-0.1, -0.05) is 6.07 Å². The summed E-state index contributed by atoms with van der Waals surface area (Å²) in [6.07, 6.45) is 2.28. The molecule has 80 valence electrons. The molecule has 0 heterocycles. The summed E-state index contributed by atoms with van der Waals surface area (Å²) in [6.45, 7) is 1.72. The van der Waals surface area contributed by atoms with Crippen LogP contribution >= 0.6 is 0 Å². The SMILES string of the molecule is Cc1cc(CC2(O)CC2)ccc1[N+](=O)[O-]. The van der Waals surface area contributed by atoms with Crippen LogP contribution in [0.25, 0.3) is 0 Å². The summed E-state index contributed by atoms with van der Waals surface area (Å²) in [5, 5.41) is 20.3. The number of benzene rings is 1. The first-order chi connectivity index (χ1) is 7.00. The predicted molar refractivity (Wildman–Crippen MR) is 55.7 cm³/mol. The number of aliphatic hydroxyl groups is 1. The van der Waals surface area contributed by atoms with E-state index in [9.17, 15) is 15.2 Å². The van der Waals surface area contributed by atoms with Gasteiger partial charge in [0, 0.05) is 18.1 Å². The fraction of sp³-hybridized carbons (Fsp3) is 0.455. The number of hydrogen-bond donors (Lipinski definition) is 1. The van der Waals surface area contributed by atoms with Crippen molar-refractivity contribution in [3.8, 4) is 0 Å². The van der Waals surface area contributed by atoms with Crippen LogP contribution in [0.15, 0.2) is 18.2 Å². The smallest absolute Gasteiger partial charge is 0.272 e. The average molecular weight is 207 g/mol. The Bertz CT molecular complexity index is 410. The van der Waals surface area contributed by atoms with Crippen molar-refractivity contribution in [2.45, 2.75) is 31.8 Å². The number of hydrogen-bond acceptors (Lipinski definition) is 3. The van der Waals surface area contributed by atoms with Crippen molar-refractivity contribution < 1.29 is 10.0 Å². The predicted octanol–water partition coefficient (Wildman–Crippen LogP) is 1.97. The van der Waals surface area contributed by atoms with E-state index in [0.717, 1.165) is 18.4 Å². The summed E-state index contributed by atoms with van der Waals surface area (Å²) < 4.78 is 0. The minimum Gasteiger partial charge on any atom is -0.390 e. The van der Waals surface area contributed by atoms with Gasteiger partial charge in [-0.05, 0) is 31.4 Å². The quantitative estimate of drug-likeness (QED) is 0.608. The highest BCUT2D eigenvalue weighted by Gasteiger charge is 2.40. The van der Waals surface area contributed by atoms with Gasteiger partial charge in [-0.15, -0.1) is 0 Å². The Labute approximate surface area is 87.7 Å². The molecule has 0 unspecified atom stereocenters. The van der Waals surface area contributed by atoms with Gasteiger partial charge >= 0.3 is 0 Å². The molecule has 1 aromatic carbocycles. The maximum atomic E-state index is 10.6. The van der Waals surface area contributed by atoms with Crippen LogP contribution in [0.5, 0.6) is 0 Å². The molecule has 15 heavy (non-hydrogen) atoms. The van der Waals surface area contributed by atoms with Crippen molar-refractivity contribution in [2.24, 2.45) is 0 Å². The first-order valence-electron chi connectivity index (χ1n) is 4.96. The molecule has 0 atom stereocenters. The molecule has 0 amide bonds. The zero-order valence-electron chi connectivity index (χ0n) is 8.56. The fourth-order valence-corrected chi connectivity index (χ4v) is 1.73. The van der Waals surface area contributed by atoms with Crippen LogP contribution in [0.2, 0.25) is 0 Å². The maximum Gasteiger partial charge on any atom is 0.272 e. The molecule has 2 rings (SSSR count). The zero-order chi connectivity index (χ0) is 11.1. The lowest BCUT2D eigenvalue weighted by molar-refractivity contribution is -0.385. The van der Waals surface area contributed by atoms with E-state index in [1.807, 2.05) is 0 Å². The first kappa shape index (κ1) is 10.1. The lowest BCUT2D eigenvalue weighted by atomic mass is 10.0. The molecule has 1 aliphatic rings. The Balaban J connectivity index is 2.21. The van der Waals surface area contributed by atoms with E-state index >= 15 is 0 Å². The van der Waals surface area contributed by atoms with Gasteiger partial charge in [-0.2, -0.15) is 0 Å². The molecule has 1 N–H and O–H groups in total. The number of rotatable bonds is 3. The minimum atomic E-state index is -0.539. The lowest BCUT2D eigenvalue weighted by Gasteiger charge is -2.07. The molecule has 0 radical (unpaired) electrons. The van der Waals surface area contributed by atoms with Crippen LogP contribution in [0.1, 0.15) is 24.0 Å². The van der Waals surface area contributed by atoms with Gasteiger partial charge in [-0.3, -0.25) is 10.1 Å². The van der Waals surface area contributed by atoms with E-state index in [1.165, 1.54) is 6.07 Å². The van der Waals surface area contributed by atoms with Gasteiger partial charge in [0.15, 0.2) is 0 Å². The summed E-state index contributed by atoms with van der Waals surface area (Å²) >= 11 is 0. The molecule has 0 saturated heterocycles. The fourth-order valence-electron chi connectivity index (χ4n) is 1.73. The largest absolute Gasteiger partial charge is 0.390 e. The molecule has 1 fully saturated rings. The molecule has 4 nitrogen and oxygen atoms in total. The van der Waals surface area contributed by atoms with Crippen molar-refractivity contribution in [3.63, 3.8) is 0 Å². The maximum absolute atomic E-state index is 10.6. The Hall–Kier alpha value is -1.42. The highest BCUT2D eigenvalue weighted by atomic mass is 16.6. The topological polar surface area (TPSA) is 63.4 Å². The summed E-state index contributed by atoms with van der Waals surface area (Å²) in [7, 11) is 0. The van der Waals surface area contributed by atoms with Crippen LogP contribution in [0, 0.1) is 17.0 Å². The Morgan fingerprint density at radius 2 is 2.20 bits per heavy atom. The summed E-state index contributed by atoms with van der Waals surface area (Å²) in [5.74, 6) is 0. The van der Waals surface area contributed by atoms with Gasteiger partial charge in [0.1, 0.15) is 0 Å². The number of nitro benzene ring substituents is 1. The van der Waals surface area contributed by atoms with Gasteiger partial charge in [0.05, 0.1) is 10.5 Å². The Kier molecular flexibility index (Phi) is 2.23. The normalized spacial score (nSPS) is 17.5. The average Bonchev–Trinajstić information content (AvgIpc) is 2.82. The van der Waals surface area contributed by atoms with E-state index in [2.05, 4.69) is 0 Å². The standard InChI is InChI=1S/C11H13NO3/c1-8-6-9(7-11(13)4-5-11)2-3-10(8)12(14)15/h2-3,6,13H,4-5,7H2,1H3. The number of nitro groups is 1. The van der Waals surface area contributed by atoms with Crippen molar-refractivity contribution in [3.05, 3.63) is 39.4 Å². The van der Waals surface area contributed by atoms with Crippen LogP contribution in [-0.4, -0.2) is 15.6 Å². The van der Waals surface area contributed by atoms with Crippen molar-refractivity contribution in [1.82, 2.24) is 0 Å². The lowest BCUT2D eigenvalue weighted by Crippen LogP contribution is -2.10. The summed E-state index contributed by atoms with van der Waals surface area (Å²) in [4.78, 5) is 10.2. The molecule has 1 saturated carbocycles. The van der Waals surface area contributed by atoms with Gasteiger partial charge < -0.3 is 5.11 Å². The van der Waals surface area contributed by atoms with Gasteiger partial charge in [0.25, 0.3) is 5.69 Å². The number of nitrogens with zero attached hydrogens (tertiary/aromatic N) is 1. The molecule has 0 spiro atoms. The molecule has 1 aliphatic carbocycles. The van der Waals surface area contributed by atoms with Crippen LogP contribution < -0.4 is 0 Å². The monoisotopic (exact) mass is 207 g/mol. The second-order valence-corrected chi connectivity index (χ2v) is 4.28. The Morgan fingerprint density at radius 3 is 2.67 bits per heavy atom. The van der Waals surface area contributed by atoms with Crippen molar-refractivity contribution in [2.75, 3.05) is 0 Å². The molecule has 0 bridgehead atoms. The van der Waals surface area contributed by atoms with E-state index < -0.39 is 5.60 Å². The minimum absolute atomic E-state index is 0.140. The van der Waals surface area contributed by atoms with Crippen LogP contribution in [0.4, 0.5) is 5.69 Å². The molecular weight excluding hydrogens is 194 g/mol. The number of aryl methyl sites for hydroxylation is 1. The molecular formula is C11H13NO3. The second-order valence-electron chi connectivity index (χ2n) is 4.28. The van der Waals surface area contributed by atoms with E-state index in [4.69, 9.17) is 0 Å². The molecule has 0 aromatic heterocycles. The summed E-state index contributed by atoms with van der Waals surface area (Å²) in [6, 6.07) is 5.02. The van der Waals surface area contributed by atoms with Gasteiger partial charge in [0.2, 0.25) is 0 Å². The van der Waals surface area contributed by atoms with E-state index in [1.54, 1.807) is 19.1 Å². The van der Waals surface area contributed by atoms with Crippen molar-refractivity contribution >= 4 is 5.69 Å². The summed E-state index contributed by atoms with van der Waals surface area (Å²) in [5.41, 5.74) is 1.23. The molecule has 0 aliphatic heterocycles. The third-order valence-electron chi connectivity index (χ3n) is 2.82. The van der Waals surface area contributed by atoms with E-state index in [0.29, 0.717) is 12.0 Å². The van der Waals surface area contributed by atoms with Gasteiger partial charge in [-0.25, -0.2) is 0 Å². The van der Waals surface area contributed by atoms with Crippen LogP contribution in [-0.2, 0) is 6.42 Å². The highest BCUT2D eigenvalue weighted by molar-refractivity contribution is 5.42. The Morgan fingerprint density at radius 1 is 1.53 bits per heavy atom. The van der Waals surface area contributed by atoms with E-state index in [-0.39, 0.29) is 10.6 Å². The molecule has 1 aromatic rings. The second kappa shape index (κ2) is 3.31. The third kappa shape index (κ3) is 2.15. The third-order valence-corrected chi connectivity index (χ3v) is 2.82. The molecule has 4 heteroatoms. The zero-order valence-corrected chi connectivity index (χ0v) is 8.56. The first-order valence-corrected chi connectivity index (χ1v) is 4.96. The highest BCUT2D eigenvalue weighted by Crippen LogP contribution is 2.38. The van der Waals surface area contributed by atoms with Crippen molar-refractivity contribution in [1.29, 1.82) is 0 Å². The van der Waals surface area contributed by atoms with Crippen LogP contribution in [0.3, 0.4) is 0 Å².